The molecule has 6 nitrogen and oxygen atoms in total. The number of hydrogen-bond donors (Lipinski definition) is 1. The maximum Gasteiger partial charge on any atom is 0.251 e. The van der Waals surface area contributed by atoms with E-state index in [0.29, 0.717) is 35.8 Å². The molecule has 2 fully saturated rings. The number of piperidine rings is 1. The highest BCUT2D eigenvalue weighted by atomic mass is 35.5. The molecule has 1 N–H and O–H groups in total. The van der Waals surface area contributed by atoms with Gasteiger partial charge < -0.3 is 15.0 Å². The Bertz CT molecular complexity index is 957. The molecule has 0 aromatic heterocycles. The Labute approximate surface area is 194 Å². The molecule has 2 aliphatic heterocycles. The van der Waals surface area contributed by atoms with Gasteiger partial charge in [-0.3, -0.25) is 14.5 Å². The normalized spacial score (nSPS) is 17.9. The number of hydrogen-bond acceptors (Lipinski definition) is 4. The van der Waals surface area contributed by atoms with Gasteiger partial charge in [0.2, 0.25) is 5.91 Å². The van der Waals surface area contributed by atoms with Crippen molar-refractivity contribution in [2.45, 2.75) is 38.1 Å². The van der Waals surface area contributed by atoms with E-state index in [1.165, 1.54) is 19.3 Å². The minimum absolute atomic E-state index is 0.0501. The molecule has 1 atom stereocenters. The lowest BCUT2D eigenvalue weighted by Crippen LogP contribution is -2.40. The van der Waals surface area contributed by atoms with Crippen LogP contribution in [0.5, 0.6) is 5.75 Å². The number of carbonyl (C=O) groups is 2. The molecule has 32 heavy (non-hydrogen) atoms. The molecular weight excluding hydrogens is 426 g/mol. The molecule has 0 spiro atoms. The number of nitrogens with zero attached hydrogens (tertiary/aromatic N) is 2. The topological polar surface area (TPSA) is 61.9 Å². The number of methoxy groups -OCH3 is 1. The molecule has 2 aliphatic rings. The first kappa shape index (κ1) is 22.6. The van der Waals surface area contributed by atoms with Crippen LogP contribution in [0.25, 0.3) is 0 Å². The summed E-state index contributed by atoms with van der Waals surface area (Å²) < 4.78 is 5.30. The SMILES string of the molecule is COc1ccc([C@H](CNC(=O)c2ccc(Cl)c(N3CCCC3=O)c2)N2CCCCC2)cc1. The van der Waals surface area contributed by atoms with Crippen molar-refractivity contribution >= 4 is 29.1 Å². The fourth-order valence-corrected chi connectivity index (χ4v) is 4.79. The van der Waals surface area contributed by atoms with Crippen molar-refractivity contribution in [3.8, 4) is 5.75 Å². The molecule has 0 bridgehead atoms. The Balaban J connectivity index is 1.49. The fraction of sp³-hybridized carbons (Fsp3) is 0.440. The molecule has 0 radical (unpaired) electrons. The fourth-order valence-electron chi connectivity index (χ4n) is 4.57. The monoisotopic (exact) mass is 455 g/mol. The molecule has 7 heteroatoms. The first-order valence-electron chi connectivity index (χ1n) is 11.3. The lowest BCUT2D eigenvalue weighted by molar-refractivity contribution is -0.117. The number of halogens is 1. The number of nitrogens with one attached hydrogen (secondary N) is 1. The van der Waals surface area contributed by atoms with Crippen molar-refractivity contribution in [2.75, 3.05) is 38.2 Å². The maximum atomic E-state index is 13.0. The zero-order chi connectivity index (χ0) is 22.5. The standard InChI is InChI=1S/C25H30ClN3O3/c1-32-20-10-7-18(8-11-20)23(28-13-3-2-4-14-28)17-27-25(31)19-9-12-21(26)22(16-19)29-15-5-6-24(29)30/h7-12,16,23H,2-6,13-15,17H2,1H3,(H,27,31)/t23-/m0/s1. The van der Waals surface area contributed by atoms with Crippen molar-refractivity contribution in [2.24, 2.45) is 0 Å². The third kappa shape index (κ3) is 5.08. The lowest BCUT2D eigenvalue weighted by atomic mass is 10.0. The van der Waals surface area contributed by atoms with Gasteiger partial charge in [-0.2, -0.15) is 0 Å². The molecule has 4 rings (SSSR count). The van der Waals surface area contributed by atoms with E-state index in [4.69, 9.17) is 16.3 Å². The Morgan fingerprint density at radius 3 is 2.47 bits per heavy atom. The first-order valence-corrected chi connectivity index (χ1v) is 11.7. The van der Waals surface area contributed by atoms with Gasteiger partial charge in [-0.05, 0) is 68.2 Å². The molecule has 170 valence electrons. The van der Waals surface area contributed by atoms with Gasteiger partial charge in [0.15, 0.2) is 0 Å². The predicted molar refractivity (Wildman–Crippen MR) is 127 cm³/mol. The van der Waals surface area contributed by atoms with E-state index in [-0.39, 0.29) is 17.9 Å². The number of benzene rings is 2. The maximum absolute atomic E-state index is 13.0. The quantitative estimate of drug-likeness (QED) is 0.670. The molecule has 2 saturated heterocycles. The van der Waals surface area contributed by atoms with Crippen LogP contribution in [-0.4, -0.2) is 50.0 Å². The van der Waals surface area contributed by atoms with Gasteiger partial charge in [0, 0.05) is 25.1 Å². The molecule has 0 saturated carbocycles. The van der Waals surface area contributed by atoms with Crippen molar-refractivity contribution in [1.82, 2.24) is 10.2 Å². The van der Waals surface area contributed by atoms with Crippen LogP contribution in [0, 0.1) is 0 Å². The van der Waals surface area contributed by atoms with Gasteiger partial charge in [0.05, 0.1) is 23.9 Å². The second-order valence-corrected chi connectivity index (χ2v) is 8.82. The minimum atomic E-state index is -0.162. The van der Waals surface area contributed by atoms with E-state index in [1.54, 1.807) is 30.2 Å². The Hall–Kier alpha value is -2.57. The molecule has 0 unspecified atom stereocenters. The van der Waals surface area contributed by atoms with E-state index in [1.807, 2.05) is 12.1 Å². The summed E-state index contributed by atoms with van der Waals surface area (Å²) in [7, 11) is 1.66. The van der Waals surface area contributed by atoms with E-state index in [0.717, 1.165) is 30.8 Å². The van der Waals surface area contributed by atoms with Gasteiger partial charge >= 0.3 is 0 Å². The highest BCUT2D eigenvalue weighted by Crippen LogP contribution is 2.31. The molecular formula is C25H30ClN3O3. The zero-order valence-electron chi connectivity index (χ0n) is 18.5. The van der Waals surface area contributed by atoms with Crippen LogP contribution in [0.2, 0.25) is 5.02 Å². The third-order valence-corrected chi connectivity index (χ3v) is 6.68. The summed E-state index contributed by atoms with van der Waals surface area (Å²) in [5.74, 6) is 0.708. The Morgan fingerprint density at radius 2 is 1.81 bits per heavy atom. The molecule has 2 aromatic carbocycles. The minimum Gasteiger partial charge on any atom is -0.497 e. The van der Waals surface area contributed by atoms with Crippen LogP contribution in [0.15, 0.2) is 42.5 Å². The van der Waals surface area contributed by atoms with Crippen LogP contribution in [-0.2, 0) is 4.79 Å². The number of carbonyl (C=O) groups excluding carboxylic acids is 2. The van der Waals surface area contributed by atoms with Gasteiger partial charge in [-0.15, -0.1) is 0 Å². The second kappa shape index (κ2) is 10.4. The van der Waals surface area contributed by atoms with Gasteiger partial charge in [0.1, 0.15) is 5.75 Å². The number of amides is 2. The summed E-state index contributed by atoms with van der Waals surface area (Å²) in [6, 6.07) is 13.3. The summed E-state index contributed by atoms with van der Waals surface area (Å²) in [6.45, 7) is 3.19. The van der Waals surface area contributed by atoms with Crippen LogP contribution in [0.1, 0.15) is 54.1 Å². The molecule has 2 heterocycles. The highest BCUT2D eigenvalue weighted by Gasteiger charge is 2.26. The van der Waals surface area contributed by atoms with Crippen molar-refractivity contribution in [3.63, 3.8) is 0 Å². The average Bonchev–Trinajstić information content (AvgIpc) is 3.26. The number of likely N-dealkylation sites (tertiary alicyclic amines) is 1. The highest BCUT2D eigenvalue weighted by molar-refractivity contribution is 6.34. The van der Waals surface area contributed by atoms with Crippen molar-refractivity contribution < 1.29 is 14.3 Å². The molecule has 2 aromatic rings. The van der Waals surface area contributed by atoms with Crippen LogP contribution >= 0.6 is 11.6 Å². The second-order valence-electron chi connectivity index (χ2n) is 8.41. The largest absolute Gasteiger partial charge is 0.497 e. The lowest BCUT2D eigenvalue weighted by Gasteiger charge is -2.35. The number of ether oxygens (including phenoxy) is 1. The van der Waals surface area contributed by atoms with Gasteiger partial charge in [0.25, 0.3) is 5.91 Å². The van der Waals surface area contributed by atoms with Gasteiger partial charge in [-0.25, -0.2) is 0 Å². The van der Waals surface area contributed by atoms with Gasteiger partial charge in [-0.1, -0.05) is 30.2 Å². The zero-order valence-corrected chi connectivity index (χ0v) is 19.2. The summed E-state index contributed by atoms with van der Waals surface area (Å²) in [5.41, 5.74) is 2.29. The summed E-state index contributed by atoms with van der Waals surface area (Å²) >= 11 is 6.34. The van der Waals surface area contributed by atoms with E-state index < -0.39 is 0 Å². The van der Waals surface area contributed by atoms with Crippen LogP contribution in [0.3, 0.4) is 0 Å². The summed E-state index contributed by atoms with van der Waals surface area (Å²) in [4.78, 5) is 29.3. The van der Waals surface area contributed by atoms with E-state index >= 15 is 0 Å². The number of anilines is 1. The molecule has 0 aliphatic carbocycles. The third-order valence-electron chi connectivity index (χ3n) is 6.36. The smallest absolute Gasteiger partial charge is 0.251 e. The first-order chi connectivity index (χ1) is 15.6. The Morgan fingerprint density at radius 1 is 1.06 bits per heavy atom. The average molecular weight is 456 g/mol. The Kier molecular flexibility index (Phi) is 7.33. The molecule has 2 amide bonds. The number of rotatable bonds is 7. The predicted octanol–water partition coefficient (Wildman–Crippen LogP) is 4.43. The van der Waals surface area contributed by atoms with Crippen LogP contribution in [0.4, 0.5) is 5.69 Å². The van der Waals surface area contributed by atoms with E-state index in [2.05, 4.69) is 22.3 Å². The van der Waals surface area contributed by atoms with Crippen molar-refractivity contribution in [1.29, 1.82) is 0 Å². The van der Waals surface area contributed by atoms with Crippen LogP contribution < -0.4 is 15.0 Å². The van der Waals surface area contributed by atoms with Crippen molar-refractivity contribution in [3.05, 3.63) is 58.6 Å². The summed E-state index contributed by atoms with van der Waals surface area (Å²) in [5, 5.41) is 3.60. The summed E-state index contributed by atoms with van der Waals surface area (Å²) in [6.07, 6.45) is 4.92. The van der Waals surface area contributed by atoms with E-state index in [9.17, 15) is 9.59 Å².